The molecule has 0 saturated carbocycles. The average molecular weight is 516 g/mol. The summed E-state index contributed by atoms with van der Waals surface area (Å²) in [7, 11) is 0. The van der Waals surface area contributed by atoms with Crippen LogP contribution < -0.4 is 19.9 Å². The van der Waals surface area contributed by atoms with Crippen molar-refractivity contribution in [2.45, 2.75) is 70.9 Å². The molecule has 0 aliphatic rings. The molecule has 0 radical (unpaired) electrons. The maximum atomic E-state index is 12.1. The molecule has 37 heavy (non-hydrogen) atoms. The molecule has 0 aliphatic carbocycles. The number of carbonyl (C=O) groups is 4. The summed E-state index contributed by atoms with van der Waals surface area (Å²) < 4.78 is 21.0. The fourth-order valence-electron chi connectivity index (χ4n) is 3.51. The fourth-order valence-corrected chi connectivity index (χ4v) is 3.51. The van der Waals surface area contributed by atoms with Gasteiger partial charge in [-0.15, -0.1) is 0 Å². The number of benzene rings is 2. The Kier molecular flexibility index (Phi) is 11.1. The Morgan fingerprint density at radius 3 is 2.05 bits per heavy atom. The topological polar surface area (TPSA) is 151 Å². The number of carbonyl (C=O) groups excluding carboxylic acids is 3. The second-order valence-corrected chi connectivity index (χ2v) is 8.67. The smallest absolute Gasteiger partial charge is 0.480 e. The highest BCUT2D eigenvalue weighted by Gasteiger charge is 2.37. The molecule has 0 saturated heterocycles. The minimum absolute atomic E-state index is 0.0103. The average Bonchev–Trinajstić information content (AvgIpc) is 2.81. The van der Waals surface area contributed by atoms with Crippen LogP contribution in [0, 0.1) is 0 Å². The summed E-state index contributed by atoms with van der Waals surface area (Å²) in [5, 5.41) is 9.88. The predicted octanol–water partition coefficient (Wildman–Crippen LogP) is 4.42. The maximum Gasteiger partial charge on any atom is 0.514 e. The lowest BCUT2D eigenvalue weighted by Crippen LogP contribution is -2.52. The molecule has 0 spiro atoms. The number of carboxylic acid groups (broad SMARTS) is 1. The van der Waals surface area contributed by atoms with Crippen LogP contribution in [0.3, 0.4) is 0 Å². The molecule has 2 atom stereocenters. The minimum Gasteiger partial charge on any atom is -0.480 e. The summed E-state index contributed by atoms with van der Waals surface area (Å²) in [5.41, 5.74) is 4.81. The highest BCUT2D eigenvalue weighted by molar-refractivity contribution is 5.79. The standard InChI is InChI=1S/C27H33NO9/c1-4-9-23(29)36-21-14-13-19(15-22(21)37-24(30)10-5-2)17-27(28,25(31)32)16-18(3)34-26(33)35-20-11-7-6-8-12-20/h6-8,11-15,18H,4-5,9-10,16-17,28H2,1-3H3,(H,31,32)/t18-,27?/m0/s1. The van der Waals surface area contributed by atoms with Gasteiger partial charge in [-0.1, -0.05) is 38.1 Å². The van der Waals surface area contributed by atoms with Crippen LogP contribution in [-0.2, 0) is 25.5 Å². The Morgan fingerprint density at radius 1 is 0.892 bits per heavy atom. The molecule has 0 aromatic heterocycles. The van der Waals surface area contributed by atoms with Crippen molar-refractivity contribution in [3.8, 4) is 17.2 Å². The van der Waals surface area contributed by atoms with Crippen LogP contribution in [0.5, 0.6) is 17.2 Å². The van der Waals surface area contributed by atoms with Crippen LogP contribution in [0.1, 0.15) is 58.4 Å². The molecule has 0 bridgehead atoms. The highest BCUT2D eigenvalue weighted by Crippen LogP contribution is 2.31. The van der Waals surface area contributed by atoms with Crippen molar-refractivity contribution >= 4 is 24.1 Å². The fraction of sp³-hybridized carbons (Fsp3) is 0.407. The summed E-state index contributed by atoms with van der Waals surface area (Å²) >= 11 is 0. The first kappa shape index (κ1) is 29.3. The van der Waals surface area contributed by atoms with Gasteiger partial charge in [0.05, 0.1) is 0 Å². The lowest BCUT2D eigenvalue weighted by molar-refractivity contribution is -0.144. The third-order valence-electron chi connectivity index (χ3n) is 5.20. The van der Waals surface area contributed by atoms with E-state index in [2.05, 4.69) is 0 Å². The third-order valence-corrected chi connectivity index (χ3v) is 5.20. The minimum atomic E-state index is -1.84. The Labute approximate surface area is 215 Å². The quantitative estimate of drug-likeness (QED) is 0.223. The van der Waals surface area contributed by atoms with Gasteiger partial charge in [0.1, 0.15) is 17.4 Å². The Balaban J connectivity index is 2.18. The molecule has 10 nitrogen and oxygen atoms in total. The predicted molar refractivity (Wildman–Crippen MR) is 133 cm³/mol. The highest BCUT2D eigenvalue weighted by atomic mass is 16.7. The van der Waals surface area contributed by atoms with Gasteiger partial charge in [-0.3, -0.25) is 14.4 Å². The normalized spacial score (nSPS) is 13.1. The Hall–Kier alpha value is -3.92. The maximum absolute atomic E-state index is 12.1. The van der Waals surface area contributed by atoms with Gasteiger partial charge in [-0.2, -0.15) is 0 Å². The monoisotopic (exact) mass is 515 g/mol. The van der Waals surface area contributed by atoms with Crippen molar-refractivity contribution in [3.05, 3.63) is 54.1 Å². The van der Waals surface area contributed by atoms with Crippen LogP contribution in [0.2, 0.25) is 0 Å². The van der Waals surface area contributed by atoms with Crippen molar-refractivity contribution in [2.24, 2.45) is 5.73 Å². The van der Waals surface area contributed by atoms with Gasteiger partial charge in [-0.25, -0.2) is 4.79 Å². The van der Waals surface area contributed by atoms with E-state index in [1.165, 1.54) is 25.1 Å². The third kappa shape index (κ3) is 9.57. The van der Waals surface area contributed by atoms with Gasteiger partial charge >= 0.3 is 24.1 Å². The van der Waals surface area contributed by atoms with Crippen molar-refractivity contribution < 1.29 is 43.2 Å². The number of nitrogens with two attached hydrogens (primary N) is 1. The summed E-state index contributed by atoms with van der Waals surface area (Å²) in [4.78, 5) is 48.3. The number of aliphatic carboxylic acids is 1. The van der Waals surface area contributed by atoms with Crippen molar-refractivity contribution in [1.29, 1.82) is 0 Å². The molecule has 2 aromatic rings. The summed E-state index contributed by atoms with van der Waals surface area (Å²) in [5.74, 6) is -2.02. The second-order valence-electron chi connectivity index (χ2n) is 8.67. The van der Waals surface area contributed by atoms with E-state index in [0.29, 0.717) is 18.4 Å². The molecule has 200 valence electrons. The van der Waals surface area contributed by atoms with E-state index < -0.39 is 35.7 Å². The van der Waals surface area contributed by atoms with Gasteiger partial charge < -0.3 is 29.8 Å². The van der Waals surface area contributed by atoms with Crippen molar-refractivity contribution in [1.82, 2.24) is 0 Å². The number of hydrogen-bond donors (Lipinski definition) is 2. The van der Waals surface area contributed by atoms with Gasteiger partial charge in [-0.05, 0) is 49.6 Å². The summed E-state index contributed by atoms with van der Waals surface area (Å²) in [6, 6.07) is 12.7. The Morgan fingerprint density at radius 2 is 1.49 bits per heavy atom. The number of rotatable bonds is 13. The SMILES string of the molecule is CCCC(=O)Oc1ccc(CC(N)(C[C@H](C)OC(=O)Oc2ccccc2)C(=O)O)cc1OC(=O)CCC. The number of ether oxygens (including phenoxy) is 4. The first-order valence-electron chi connectivity index (χ1n) is 12.1. The molecular weight excluding hydrogens is 482 g/mol. The first-order valence-corrected chi connectivity index (χ1v) is 12.1. The van der Waals surface area contributed by atoms with E-state index in [-0.39, 0.29) is 42.9 Å². The molecule has 0 aliphatic heterocycles. The van der Waals surface area contributed by atoms with Crippen LogP contribution in [-0.4, -0.2) is 40.8 Å². The zero-order valence-electron chi connectivity index (χ0n) is 21.2. The first-order chi connectivity index (χ1) is 17.6. The molecule has 3 N–H and O–H groups in total. The van der Waals surface area contributed by atoms with Crippen LogP contribution in [0.25, 0.3) is 0 Å². The largest absolute Gasteiger partial charge is 0.514 e. The van der Waals surface area contributed by atoms with Crippen LogP contribution >= 0.6 is 0 Å². The zero-order valence-corrected chi connectivity index (χ0v) is 21.2. The lowest BCUT2D eigenvalue weighted by Gasteiger charge is -2.28. The summed E-state index contributed by atoms with van der Waals surface area (Å²) in [6.45, 7) is 5.14. The molecule has 1 unspecified atom stereocenters. The second kappa shape index (κ2) is 14.0. The summed E-state index contributed by atoms with van der Waals surface area (Å²) in [6.07, 6.45) is -0.844. The van der Waals surface area contributed by atoms with Crippen LogP contribution in [0.15, 0.2) is 48.5 Å². The zero-order chi connectivity index (χ0) is 27.4. The van der Waals surface area contributed by atoms with Crippen LogP contribution in [0.4, 0.5) is 4.79 Å². The molecule has 0 fully saturated rings. The van der Waals surface area contributed by atoms with Crippen molar-refractivity contribution in [3.63, 3.8) is 0 Å². The molecule has 0 amide bonds. The van der Waals surface area contributed by atoms with E-state index in [1.54, 1.807) is 30.3 Å². The molecule has 0 heterocycles. The van der Waals surface area contributed by atoms with Crippen molar-refractivity contribution in [2.75, 3.05) is 0 Å². The Bertz CT molecular complexity index is 1090. The molecule has 10 heteroatoms. The van der Waals surface area contributed by atoms with Gasteiger partial charge in [0.25, 0.3) is 0 Å². The lowest BCUT2D eigenvalue weighted by atomic mass is 9.86. The van der Waals surface area contributed by atoms with E-state index in [1.807, 2.05) is 13.8 Å². The molecule has 2 rings (SSSR count). The van der Waals surface area contributed by atoms with Gasteiger partial charge in [0.2, 0.25) is 0 Å². The molecule has 2 aromatic carbocycles. The molecular formula is C27H33NO9. The number of hydrogen-bond acceptors (Lipinski definition) is 9. The number of carboxylic acids is 1. The number of esters is 2. The van der Waals surface area contributed by atoms with Gasteiger partial charge in [0.15, 0.2) is 11.5 Å². The van der Waals surface area contributed by atoms with E-state index in [9.17, 15) is 24.3 Å². The van der Waals surface area contributed by atoms with Gasteiger partial charge in [0, 0.05) is 25.7 Å². The van der Waals surface area contributed by atoms with E-state index in [4.69, 9.17) is 24.7 Å². The van der Waals surface area contributed by atoms with E-state index in [0.717, 1.165) is 0 Å². The number of para-hydroxylation sites is 1. The van der Waals surface area contributed by atoms with E-state index >= 15 is 0 Å².